The second-order valence-electron chi connectivity index (χ2n) is 5.93. The summed E-state index contributed by atoms with van der Waals surface area (Å²) in [7, 11) is 0. The van der Waals surface area contributed by atoms with E-state index in [-0.39, 0.29) is 24.9 Å². The van der Waals surface area contributed by atoms with Crippen LogP contribution in [0.4, 0.5) is 0 Å². The predicted octanol–water partition coefficient (Wildman–Crippen LogP) is -0.952. The van der Waals surface area contributed by atoms with Crippen molar-refractivity contribution in [1.82, 2.24) is 10.6 Å². The van der Waals surface area contributed by atoms with Crippen molar-refractivity contribution < 1.29 is 39.6 Å². The lowest BCUT2D eigenvalue weighted by Crippen LogP contribution is -2.47. The highest BCUT2D eigenvalue weighted by Crippen LogP contribution is 2.28. The molecule has 0 amide bonds. The molecule has 1 fully saturated rings. The maximum Gasteiger partial charge on any atom is 0.332 e. The molecule has 0 aromatic rings. The lowest BCUT2D eigenvalue weighted by Gasteiger charge is -2.30. The van der Waals surface area contributed by atoms with Crippen LogP contribution < -0.4 is 10.6 Å². The van der Waals surface area contributed by atoms with Crippen LogP contribution in [-0.4, -0.2) is 69.5 Å². The van der Waals surface area contributed by atoms with Crippen LogP contribution in [0.2, 0.25) is 0 Å². The molecule has 10 heteroatoms. The second-order valence-corrected chi connectivity index (χ2v) is 5.93. The lowest BCUT2D eigenvalue weighted by atomic mass is 9.81. The third-order valence-corrected chi connectivity index (χ3v) is 4.10. The Kier molecular flexibility index (Phi) is 7.59. The van der Waals surface area contributed by atoms with Gasteiger partial charge in [0.2, 0.25) is 12.1 Å². The highest BCUT2D eigenvalue weighted by Gasteiger charge is 2.30. The number of aliphatic carboxylic acids is 4. The maximum absolute atomic E-state index is 10.8. The number of carboxylic acid groups (broad SMARTS) is 4. The Morgan fingerprint density at radius 3 is 1.38 bits per heavy atom. The summed E-state index contributed by atoms with van der Waals surface area (Å²) in [5, 5.41) is 40.2. The number of carboxylic acids is 4. The first-order valence-electron chi connectivity index (χ1n) is 7.60. The normalized spacial score (nSPS) is 20.9. The van der Waals surface area contributed by atoms with E-state index in [2.05, 4.69) is 10.6 Å². The van der Waals surface area contributed by atoms with E-state index in [1.807, 2.05) is 0 Å². The molecule has 136 valence electrons. The van der Waals surface area contributed by atoms with Gasteiger partial charge in [-0.2, -0.15) is 0 Å². The minimum absolute atomic E-state index is 0.0554. The standard InChI is InChI=1S/C14H22N2O8/c17-11(18)9(12(19)20)15-5-7-2-1-3-8(4-7)6-16-10(13(21)22)14(23)24/h7-10,15-16H,1-6H2,(H,17,18)(H,19,20)(H,21,22)(H,23,24). The van der Waals surface area contributed by atoms with Gasteiger partial charge in [-0.1, -0.05) is 6.42 Å². The van der Waals surface area contributed by atoms with Crippen LogP contribution >= 0.6 is 0 Å². The van der Waals surface area contributed by atoms with Gasteiger partial charge < -0.3 is 20.4 Å². The van der Waals surface area contributed by atoms with Gasteiger partial charge in [0.1, 0.15) is 0 Å². The molecule has 0 radical (unpaired) electrons. The fourth-order valence-corrected chi connectivity index (χ4v) is 2.90. The number of hydrogen-bond acceptors (Lipinski definition) is 6. The van der Waals surface area contributed by atoms with Crippen molar-refractivity contribution in [3.05, 3.63) is 0 Å². The quantitative estimate of drug-likeness (QED) is 0.271. The Hall–Kier alpha value is -2.20. The van der Waals surface area contributed by atoms with Crippen LogP contribution in [0, 0.1) is 11.8 Å². The van der Waals surface area contributed by atoms with Crippen LogP contribution in [0.5, 0.6) is 0 Å². The van der Waals surface area contributed by atoms with E-state index in [0.29, 0.717) is 6.42 Å². The van der Waals surface area contributed by atoms with Gasteiger partial charge >= 0.3 is 23.9 Å². The van der Waals surface area contributed by atoms with Crippen LogP contribution in [0.1, 0.15) is 25.7 Å². The fourth-order valence-electron chi connectivity index (χ4n) is 2.90. The Bertz CT molecular complexity index is 425. The predicted molar refractivity (Wildman–Crippen MR) is 79.6 cm³/mol. The molecule has 0 bridgehead atoms. The summed E-state index contributed by atoms with van der Waals surface area (Å²) in [5.41, 5.74) is 0. The van der Waals surface area contributed by atoms with Gasteiger partial charge in [0.05, 0.1) is 0 Å². The summed E-state index contributed by atoms with van der Waals surface area (Å²) in [6.07, 6.45) is 3.07. The highest BCUT2D eigenvalue weighted by molar-refractivity contribution is 5.97. The van der Waals surface area contributed by atoms with Crippen LogP contribution in [0.15, 0.2) is 0 Å². The minimum Gasteiger partial charge on any atom is -0.480 e. The van der Waals surface area contributed by atoms with E-state index in [1.165, 1.54) is 0 Å². The fraction of sp³-hybridized carbons (Fsp3) is 0.714. The molecule has 0 aromatic carbocycles. The third kappa shape index (κ3) is 6.13. The summed E-state index contributed by atoms with van der Waals surface area (Å²) in [6, 6.07) is -3.32. The molecule has 1 aliphatic carbocycles. The van der Waals surface area contributed by atoms with Gasteiger partial charge in [-0.3, -0.25) is 10.6 Å². The highest BCUT2D eigenvalue weighted by atomic mass is 16.4. The average molecular weight is 346 g/mol. The topological polar surface area (TPSA) is 173 Å². The molecule has 1 aliphatic rings. The van der Waals surface area contributed by atoms with Crippen molar-refractivity contribution in [2.75, 3.05) is 13.1 Å². The van der Waals surface area contributed by atoms with E-state index in [9.17, 15) is 19.2 Å². The zero-order valence-electron chi connectivity index (χ0n) is 13.0. The summed E-state index contributed by atoms with van der Waals surface area (Å²) in [6.45, 7) is 0.447. The number of rotatable bonds is 10. The molecular formula is C14H22N2O8. The Labute approximate surface area is 137 Å². The van der Waals surface area contributed by atoms with Gasteiger partial charge in [0, 0.05) is 0 Å². The van der Waals surface area contributed by atoms with E-state index < -0.39 is 36.0 Å². The van der Waals surface area contributed by atoms with Crippen molar-refractivity contribution in [3.63, 3.8) is 0 Å². The monoisotopic (exact) mass is 346 g/mol. The van der Waals surface area contributed by atoms with Crippen LogP contribution in [-0.2, 0) is 19.2 Å². The maximum atomic E-state index is 10.8. The Morgan fingerprint density at radius 1 is 0.750 bits per heavy atom. The molecule has 0 saturated heterocycles. The van der Waals surface area contributed by atoms with E-state index in [4.69, 9.17) is 20.4 Å². The number of carbonyl (C=O) groups is 4. The first kappa shape index (κ1) is 19.8. The Morgan fingerprint density at radius 2 is 1.08 bits per heavy atom. The number of nitrogens with one attached hydrogen (secondary N) is 2. The zero-order chi connectivity index (χ0) is 18.3. The minimum atomic E-state index is -1.66. The summed E-state index contributed by atoms with van der Waals surface area (Å²) in [4.78, 5) is 43.3. The Balaban J connectivity index is 2.46. The molecule has 6 N–H and O–H groups in total. The molecular weight excluding hydrogens is 324 g/mol. The summed E-state index contributed by atoms with van der Waals surface area (Å²) in [5.74, 6) is -5.71. The second kappa shape index (κ2) is 9.18. The van der Waals surface area contributed by atoms with Crippen LogP contribution in [0.3, 0.4) is 0 Å². The summed E-state index contributed by atoms with van der Waals surface area (Å²) < 4.78 is 0. The molecule has 0 heterocycles. The van der Waals surface area contributed by atoms with Crippen molar-refractivity contribution in [2.24, 2.45) is 11.8 Å². The SMILES string of the molecule is O=C(O)C(NCC1CCCC(CNC(C(=O)O)C(=O)O)C1)C(=O)O. The lowest BCUT2D eigenvalue weighted by molar-refractivity contribution is -0.153. The van der Waals surface area contributed by atoms with Gasteiger partial charge in [-0.05, 0) is 44.2 Å². The molecule has 24 heavy (non-hydrogen) atoms. The average Bonchev–Trinajstić information content (AvgIpc) is 2.46. The third-order valence-electron chi connectivity index (χ3n) is 4.10. The molecule has 2 unspecified atom stereocenters. The van der Waals surface area contributed by atoms with E-state index >= 15 is 0 Å². The van der Waals surface area contributed by atoms with Crippen molar-refractivity contribution in [3.8, 4) is 0 Å². The smallest absolute Gasteiger partial charge is 0.332 e. The molecule has 1 saturated carbocycles. The molecule has 10 nitrogen and oxygen atoms in total. The molecule has 0 aromatic heterocycles. The number of hydrogen-bond donors (Lipinski definition) is 6. The summed E-state index contributed by atoms with van der Waals surface area (Å²) >= 11 is 0. The molecule has 0 spiro atoms. The van der Waals surface area contributed by atoms with Crippen LogP contribution in [0.25, 0.3) is 0 Å². The van der Waals surface area contributed by atoms with Gasteiger partial charge in [-0.25, -0.2) is 19.2 Å². The van der Waals surface area contributed by atoms with E-state index in [0.717, 1.165) is 19.3 Å². The van der Waals surface area contributed by atoms with Gasteiger partial charge in [0.25, 0.3) is 0 Å². The molecule has 2 atom stereocenters. The van der Waals surface area contributed by atoms with Crippen molar-refractivity contribution >= 4 is 23.9 Å². The first-order chi connectivity index (χ1) is 11.2. The van der Waals surface area contributed by atoms with Crippen molar-refractivity contribution in [2.45, 2.75) is 37.8 Å². The van der Waals surface area contributed by atoms with Gasteiger partial charge in [0.15, 0.2) is 0 Å². The van der Waals surface area contributed by atoms with Crippen molar-refractivity contribution in [1.29, 1.82) is 0 Å². The first-order valence-corrected chi connectivity index (χ1v) is 7.60. The zero-order valence-corrected chi connectivity index (χ0v) is 13.0. The molecule has 1 rings (SSSR count). The molecule has 0 aliphatic heterocycles. The van der Waals surface area contributed by atoms with Gasteiger partial charge in [-0.15, -0.1) is 0 Å². The van der Waals surface area contributed by atoms with E-state index in [1.54, 1.807) is 0 Å². The largest absolute Gasteiger partial charge is 0.480 e.